The first-order valence-corrected chi connectivity index (χ1v) is 12.0. The Hall–Kier alpha value is -2.32. The molecule has 164 valence electrons. The van der Waals surface area contributed by atoms with Crippen molar-refractivity contribution in [1.29, 1.82) is 0 Å². The summed E-state index contributed by atoms with van der Waals surface area (Å²) in [5.74, 6) is 1.39. The molecule has 8 heteroatoms. The highest BCUT2D eigenvalue weighted by molar-refractivity contribution is 7.98. The van der Waals surface area contributed by atoms with E-state index < -0.39 is 0 Å². The minimum Gasteiger partial charge on any atom is -0.378 e. The van der Waals surface area contributed by atoms with Gasteiger partial charge < -0.3 is 14.5 Å². The number of morpholine rings is 1. The molecule has 2 amide bonds. The molecule has 0 unspecified atom stereocenters. The van der Waals surface area contributed by atoms with Crippen LogP contribution in [0.25, 0.3) is 11.3 Å². The number of amides is 2. The fourth-order valence-electron chi connectivity index (χ4n) is 4.77. The summed E-state index contributed by atoms with van der Waals surface area (Å²) in [6, 6.07) is 8.41. The predicted octanol–water partition coefficient (Wildman–Crippen LogP) is 2.89. The number of fused-ring (bicyclic) bond motifs is 3. The summed E-state index contributed by atoms with van der Waals surface area (Å²) in [5, 5.41) is 4.90. The van der Waals surface area contributed by atoms with Crippen LogP contribution in [0, 0.1) is 5.92 Å². The number of thioether (sulfide) groups is 1. The van der Waals surface area contributed by atoms with E-state index in [2.05, 4.69) is 28.9 Å². The molecule has 0 saturated carbocycles. The number of carbonyl (C=O) groups is 2. The Kier molecular flexibility index (Phi) is 5.75. The summed E-state index contributed by atoms with van der Waals surface area (Å²) in [6.07, 6.45) is 1.94. The summed E-state index contributed by atoms with van der Waals surface area (Å²) in [6.45, 7) is 6.43. The Labute approximate surface area is 186 Å². The van der Waals surface area contributed by atoms with Gasteiger partial charge in [-0.1, -0.05) is 18.2 Å². The number of rotatable bonds is 3. The van der Waals surface area contributed by atoms with E-state index in [4.69, 9.17) is 9.84 Å². The van der Waals surface area contributed by atoms with Crippen LogP contribution >= 0.6 is 11.8 Å². The van der Waals surface area contributed by atoms with Gasteiger partial charge in [0.1, 0.15) is 0 Å². The molecule has 2 fully saturated rings. The summed E-state index contributed by atoms with van der Waals surface area (Å²) >= 11 is 1.78. The standard InChI is InChI=1S/C23H28N4O3S/c1-16(28)25-8-6-17(7-9-25)14-27-22-18-4-2-3-5-20(18)31-15-19(22)21(24-27)23(29)26-10-12-30-13-11-26/h2-5,17H,6-15H2,1H3. The van der Waals surface area contributed by atoms with E-state index in [-0.39, 0.29) is 11.8 Å². The molecule has 0 radical (unpaired) electrons. The molecule has 1 aromatic carbocycles. The fraction of sp³-hybridized carbons (Fsp3) is 0.522. The second-order valence-electron chi connectivity index (χ2n) is 8.50. The molecule has 0 N–H and O–H groups in total. The summed E-state index contributed by atoms with van der Waals surface area (Å²) in [5.41, 5.74) is 3.92. The number of likely N-dealkylation sites (tertiary alicyclic amines) is 1. The molecule has 2 aromatic rings. The van der Waals surface area contributed by atoms with Gasteiger partial charge in [-0.2, -0.15) is 5.10 Å². The van der Waals surface area contributed by atoms with E-state index in [1.807, 2.05) is 9.80 Å². The molecular formula is C23H28N4O3S. The summed E-state index contributed by atoms with van der Waals surface area (Å²) < 4.78 is 7.50. The van der Waals surface area contributed by atoms with E-state index >= 15 is 0 Å². The van der Waals surface area contributed by atoms with Crippen LogP contribution in [-0.2, 0) is 21.8 Å². The largest absolute Gasteiger partial charge is 0.378 e. The van der Waals surface area contributed by atoms with Gasteiger partial charge in [-0.3, -0.25) is 14.3 Å². The minimum absolute atomic E-state index is 0.0182. The average molecular weight is 441 g/mol. The zero-order valence-corrected chi connectivity index (χ0v) is 18.7. The maximum absolute atomic E-state index is 13.3. The van der Waals surface area contributed by atoms with Crippen LogP contribution < -0.4 is 0 Å². The molecule has 3 aliphatic heterocycles. The van der Waals surface area contributed by atoms with Crippen molar-refractivity contribution in [3.63, 3.8) is 0 Å². The normalized spacial score (nSPS) is 19.1. The first-order chi connectivity index (χ1) is 15.1. The number of hydrogen-bond donors (Lipinski definition) is 0. The average Bonchev–Trinajstić information content (AvgIpc) is 3.18. The summed E-state index contributed by atoms with van der Waals surface area (Å²) in [7, 11) is 0. The van der Waals surface area contributed by atoms with Crippen molar-refractivity contribution in [3.8, 4) is 11.3 Å². The maximum Gasteiger partial charge on any atom is 0.274 e. The highest BCUT2D eigenvalue weighted by atomic mass is 32.2. The lowest BCUT2D eigenvalue weighted by molar-refractivity contribution is -0.130. The maximum atomic E-state index is 13.3. The SMILES string of the molecule is CC(=O)N1CCC(Cn2nc(C(=O)N3CCOCC3)c3c2-c2ccccc2SC3)CC1. The van der Waals surface area contributed by atoms with Gasteiger partial charge in [0.25, 0.3) is 5.91 Å². The van der Waals surface area contributed by atoms with Gasteiger partial charge in [0.2, 0.25) is 5.91 Å². The molecule has 5 rings (SSSR count). The van der Waals surface area contributed by atoms with Gasteiger partial charge in [0.05, 0.1) is 18.9 Å². The van der Waals surface area contributed by atoms with Gasteiger partial charge in [0.15, 0.2) is 5.69 Å². The van der Waals surface area contributed by atoms with Crippen molar-refractivity contribution in [2.45, 2.75) is 37.0 Å². The van der Waals surface area contributed by atoms with Crippen molar-refractivity contribution in [1.82, 2.24) is 19.6 Å². The van der Waals surface area contributed by atoms with Crippen LogP contribution in [-0.4, -0.2) is 70.8 Å². The number of hydrogen-bond acceptors (Lipinski definition) is 5. The third-order valence-electron chi connectivity index (χ3n) is 6.56. The van der Waals surface area contributed by atoms with Gasteiger partial charge in [-0.25, -0.2) is 0 Å². The van der Waals surface area contributed by atoms with E-state index in [1.54, 1.807) is 18.7 Å². The highest BCUT2D eigenvalue weighted by Gasteiger charge is 2.32. The van der Waals surface area contributed by atoms with Crippen molar-refractivity contribution in [2.75, 3.05) is 39.4 Å². The molecule has 7 nitrogen and oxygen atoms in total. The molecule has 0 aliphatic carbocycles. The third-order valence-corrected chi connectivity index (χ3v) is 7.66. The lowest BCUT2D eigenvalue weighted by Crippen LogP contribution is -2.41. The molecule has 3 aliphatic rings. The zero-order chi connectivity index (χ0) is 21.4. The first-order valence-electron chi connectivity index (χ1n) is 11.1. The summed E-state index contributed by atoms with van der Waals surface area (Å²) in [4.78, 5) is 30.1. The Bertz CT molecular complexity index is 991. The van der Waals surface area contributed by atoms with Crippen LogP contribution in [0.4, 0.5) is 0 Å². The smallest absolute Gasteiger partial charge is 0.274 e. The zero-order valence-electron chi connectivity index (χ0n) is 17.9. The molecule has 0 bridgehead atoms. The number of piperidine rings is 1. The Morgan fingerprint density at radius 1 is 1.10 bits per heavy atom. The molecular weight excluding hydrogens is 412 g/mol. The van der Waals surface area contributed by atoms with Gasteiger partial charge in [0, 0.05) is 61.4 Å². The predicted molar refractivity (Wildman–Crippen MR) is 119 cm³/mol. The lowest BCUT2D eigenvalue weighted by atomic mass is 9.96. The number of carbonyl (C=O) groups excluding carboxylic acids is 2. The van der Waals surface area contributed by atoms with Crippen LogP contribution in [0.15, 0.2) is 29.2 Å². The van der Waals surface area contributed by atoms with Crippen molar-refractivity contribution >= 4 is 23.6 Å². The molecule has 2 saturated heterocycles. The first kappa shape index (κ1) is 20.6. The van der Waals surface area contributed by atoms with E-state index in [9.17, 15) is 9.59 Å². The number of aromatic nitrogens is 2. The second kappa shape index (κ2) is 8.67. The van der Waals surface area contributed by atoms with Crippen molar-refractivity contribution in [3.05, 3.63) is 35.5 Å². The quantitative estimate of drug-likeness (QED) is 0.734. The van der Waals surface area contributed by atoms with E-state index in [1.165, 1.54) is 10.5 Å². The van der Waals surface area contributed by atoms with Crippen LogP contribution in [0.3, 0.4) is 0 Å². The Morgan fingerprint density at radius 3 is 2.58 bits per heavy atom. The molecule has 0 atom stereocenters. The minimum atomic E-state index is 0.0182. The monoisotopic (exact) mass is 440 g/mol. The Balaban J connectivity index is 1.47. The topological polar surface area (TPSA) is 67.7 Å². The highest BCUT2D eigenvalue weighted by Crippen LogP contribution is 2.43. The van der Waals surface area contributed by atoms with Crippen LogP contribution in [0.2, 0.25) is 0 Å². The van der Waals surface area contributed by atoms with Crippen molar-refractivity contribution in [2.24, 2.45) is 5.92 Å². The fourth-order valence-corrected chi connectivity index (χ4v) is 5.84. The van der Waals surface area contributed by atoms with Gasteiger partial charge in [-0.05, 0) is 24.8 Å². The van der Waals surface area contributed by atoms with Gasteiger partial charge in [-0.15, -0.1) is 11.8 Å². The van der Waals surface area contributed by atoms with E-state index in [0.29, 0.717) is 37.9 Å². The third kappa shape index (κ3) is 3.99. The van der Waals surface area contributed by atoms with Crippen LogP contribution in [0.5, 0.6) is 0 Å². The van der Waals surface area contributed by atoms with Crippen LogP contribution in [0.1, 0.15) is 35.8 Å². The van der Waals surface area contributed by atoms with Crippen molar-refractivity contribution < 1.29 is 14.3 Å². The number of benzene rings is 1. The molecule has 0 spiro atoms. The molecule has 1 aromatic heterocycles. The number of ether oxygens (including phenoxy) is 1. The lowest BCUT2D eigenvalue weighted by Gasteiger charge is -2.31. The van der Waals surface area contributed by atoms with E-state index in [0.717, 1.165) is 49.5 Å². The van der Waals surface area contributed by atoms with Gasteiger partial charge >= 0.3 is 0 Å². The molecule has 31 heavy (non-hydrogen) atoms. The number of nitrogens with zero attached hydrogens (tertiary/aromatic N) is 4. The molecule has 4 heterocycles. The Morgan fingerprint density at radius 2 is 1.84 bits per heavy atom. The second-order valence-corrected chi connectivity index (χ2v) is 9.51.